The van der Waals surface area contributed by atoms with Crippen LogP contribution in [0.3, 0.4) is 0 Å². The minimum absolute atomic E-state index is 0.333. The lowest BCUT2D eigenvalue weighted by Crippen LogP contribution is -2.59. The Kier molecular flexibility index (Phi) is 4.56. The molecule has 0 aromatic carbocycles. The molecule has 14 heavy (non-hydrogen) atoms. The lowest BCUT2D eigenvalue weighted by Gasteiger charge is -2.38. The molecule has 0 aromatic heterocycles. The van der Waals surface area contributed by atoms with Crippen LogP contribution in [0.5, 0.6) is 0 Å². The van der Waals surface area contributed by atoms with Crippen molar-refractivity contribution in [3.05, 3.63) is 0 Å². The van der Waals surface area contributed by atoms with E-state index in [4.69, 9.17) is 9.84 Å². The summed E-state index contributed by atoms with van der Waals surface area (Å²) in [5.41, 5.74) is -1.31. The second-order valence-corrected chi connectivity index (χ2v) is 3.22. The number of carbonyl (C=O) groups is 2. The minimum Gasteiger partial charge on any atom is -0.479 e. The predicted octanol–water partition coefficient (Wildman–Crippen LogP) is 0.343. The lowest BCUT2D eigenvalue weighted by molar-refractivity contribution is -0.162. The molecule has 0 fully saturated rings. The van der Waals surface area contributed by atoms with Crippen LogP contribution in [-0.4, -0.2) is 47.7 Å². The zero-order valence-electron chi connectivity index (χ0n) is 8.98. The molecule has 0 aliphatic heterocycles. The van der Waals surface area contributed by atoms with E-state index in [0.717, 1.165) is 0 Å². The van der Waals surface area contributed by atoms with Gasteiger partial charge in [-0.25, -0.2) is 4.79 Å². The van der Waals surface area contributed by atoms with Crippen molar-refractivity contribution in [3.63, 3.8) is 0 Å². The monoisotopic (exact) mass is 203 g/mol. The number of ether oxygens (including phenoxy) is 1. The Hall–Kier alpha value is -1.10. The van der Waals surface area contributed by atoms with Gasteiger partial charge in [0.05, 0.1) is 6.10 Å². The molecular formula is C9H17NO4. The maximum Gasteiger partial charge on any atom is 0.332 e. The Morgan fingerprint density at radius 2 is 2.21 bits per heavy atom. The van der Waals surface area contributed by atoms with E-state index in [1.165, 1.54) is 18.9 Å². The third-order valence-electron chi connectivity index (χ3n) is 2.64. The number of rotatable bonds is 6. The van der Waals surface area contributed by atoms with Gasteiger partial charge >= 0.3 is 5.97 Å². The van der Waals surface area contributed by atoms with Gasteiger partial charge in [-0.2, -0.15) is 0 Å². The topological polar surface area (TPSA) is 66.8 Å². The number of nitrogens with zero attached hydrogens (tertiary/aromatic N) is 1. The first-order valence-electron chi connectivity index (χ1n) is 4.43. The first-order chi connectivity index (χ1) is 6.44. The number of hydrogen-bond acceptors (Lipinski definition) is 3. The van der Waals surface area contributed by atoms with Gasteiger partial charge in [0.2, 0.25) is 6.41 Å². The fourth-order valence-electron chi connectivity index (χ4n) is 1.27. The normalized spacial score (nSPS) is 16.9. The maximum absolute atomic E-state index is 11.1. The SMILES string of the molecule is CCN(C=O)C(C)(C(=O)O)C(C)OC. The summed E-state index contributed by atoms with van der Waals surface area (Å²) < 4.78 is 4.98. The Morgan fingerprint density at radius 1 is 1.71 bits per heavy atom. The summed E-state index contributed by atoms with van der Waals surface area (Å²) in [5, 5.41) is 9.09. The maximum atomic E-state index is 11.1. The van der Waals surface area contributed by atoms with Crippen LogP contribution in [0.1, 0.15) is 20.8 Å². The predicted molar refractivity (Wildman–Crippen MR) is 51.0 cm³/mol. The van der Waals surface area contributed by atoms with Gasteiger partial charge in [0.25, 0.3) is 0 Å². The molecule has 0 spiro atoms. The molecule has 5 heteroatoms. The Morgan fingerprint density at radius 3 is 2.43 bits per heavy atom. The molecule has 0 rings (SSSR count). The number of carboxylic acid groups (broad SMARTS) is 1. The van der Waals surface area contributed by atoms with Gasteiger partial charge in [-0.1, -0.05) is 0 Å². The number of likely N-dealkylation sites (N-methyl/N-ethyl adjacent to an activating group) is 1. The molecule has 0 heterocycles. The van der Waals surface area contributed by atoms with Crippen LogP contribution in [0.2, 0.25) is 0 Å². The molecule has 2 unspecified atom stereocenters. The highest BCUT2D eigenvalue weighted by atomic mass is 16.5. The quantitative estimate of drug-likeness (QED) is 0.632. The van der Waals surface area contributed by atoms with Crippen molar-refractivity contribution in [2.45, 2.75) is 32.4 Å². The molecule has 0 bridgehead atoms. The Balaban J connectivity index is 5.06. The van der Waals surface area contributed by atoms with Crippen molar-refractivity contribution >= 4 is 12.4 Å². The van der Waals surface area contributed by atoms with E-state index in [-0.39, 0.29) is 0 Å². The minimum atomic E-state index is -1.31. The first kappa shape index (κ1) is 12.9. The molecule has 1 amide bonds. The van der Waals surface area contributed by atoms with Crippen LogP contribution >= 0.6 is 0 Å². The number of amides is 1. The fourth-order valence-corrected chi connectivity index (χ4v) is 1.27. The van der Waals surface area contributed by atoms with E-state index >= 15 is 0 Å². The average molecular weight is 203 g/mol. The Labute approximate surface area is 83.6 Å². The molecule has 0 saturated heterocycles. The van der Waals surface area contributed by atoms with Gasteiger partial charge in [0.15, 0.2) is 5.54 Å². The fraction of sp³-hybridized carbons (Fsp3) is 0.778. The third kappa shape index (κ3) is 2.04. The zero-order chi connectivity index (χ0) is 11.4. The lowest BCUT2D eigenvalue weighted by atomic mass is 9.94. The van der Waals surface area contributed by atoms with E-state index in [9.17, 15) is 9.59 Å². The molecular weight excluding hydrogens is 186 g/mol. The molecule has 1 N–H and O–H groups in total. The van der Waals surface area contributed by atoms with Crippen molar-refractivity contribution in [1.29, 1.82) is 0 Å². The number of carbonyl (C=O) groups excluding carboxylic acids is 1. The molecule has 0 saturated carbocycles. The van der Waals surface area contributed by atoms with Gasteiger partial charge in [0, 0.05) is 13.7 Å². The van der Waals surface area contributed by atoms with Gasteiger partial charge in [-0.15, -0.1) is 0 Å². The third-order valence-corrected chi connectivity index (χ3v) is 2.64. The first-order valence-corrected chi connectivity index (χ1v) is 4.43. The molecule has 82 valence electrons. The summed E-state index contributed by atoms with van der Waals surface area (Å²) in [7, 11) is 1.42. The largest absolute Gasteiger partial charge is 0.479 e. The van der Waals surface area contributed by atoms with Crippen LogP contribution in [0, 0.1) is 0 Å². The van der Waals surface area contributed by atoms with E-state index in [1.807, 2.05) is 0 Å². The molecule has 0 aliphatic carbocycles. The second kappa shape index (κ2) is 4.95. The summed E-state index contributed by atoms with van der Waals surface area (Å²) in [6.07, 6.45) is -0.0333. The second-order valence-electron chi connectivity index (χ2n) is 3.22. The average Bonchev–Trinajstić information content (AvgIpc) is 2.17. The molecule has 0 aromatic rings. The van der Waals surface area contributed by atoms with Crippen molar-refractivity contribution in [2.24, 2.45) is 0 Å². The summed E-state index contributed by atoms with van der Waals surface area (Å²) in [6.45, 7) is 5.15. The van der Waals surface area contributed by atoms with Gasteiger partial charge in [-0.05, 0) is 20.8 Å². The van der Waals surface area contributed by atoms with E-state index in [1.54, 1.807) is 13.8 Å². The van der Waals surface area contributed by atoms with Gasteiger partial charge in [0.1, 0.15) is 0 Å². The van der Waals surface area contributed by atoms with Crippen molar-refractivity contribution < 1.29 is 19.4 Å². The number of aliphatic carboxylic acids is 1. The van der Waals surface area contributed by atoms with Crippen LogP contribution in [0.15, 0.2) is 0 Å². The summed E-state index contributed by atoms with van der Waals surface area (Å²) in [5.74, 6) is -1.07. The van der Waals surface area contributed by atoms with E-state index in [0.29, 0.717) is 13.0 Å². The standard InChI is InChI=1S/C9H17NO4/c1-5-10(6-11)9(3,8(12)13)7(2)14-4/h6-7H,5H2,1-4H3,(H,12,13). The van der Waals surface area contributed by atoms with Crippen LogP contribution in [0.4, 0.5) is 0 Å². The van der Waals surface area contributed by atoms with Gasteiger partial charge < -0.3 is 14.7 Å². The van der Waals surface area contributed by atoms with Crippen LogP contribution in [0.25, 0.3) is 0 Å². The van der Waals surface area contributed by atoms with Crippen LogP contribution < -0.4 is 0 Å². The zero-order valence-corrected chi connectivity index (χ0v) is 8.98. The highest BCUT2D eigenvalue weighted by molar-refractivity contribution is 5.81. The number of carboxylic acids is 1. The van der Waals surface area contributed by atoms with E-state index < -0.39 is 17.6 Å². The van der Waals surface area contributed by atoms with E-state index in [2.05, 4.69) is 0 Å². The summed E-state index contributed by atoms with van der Waals surface area (Å²) >= 11 is 0. The summed E-state index contributed by atoms with van der Waals surface area (Å²) in [6, 6.07) is 0. The highest BCUT2D eigenvalue weighted by Gasteiger charge is 2.44. The Bertz CT molecular complexity index is 219. The molecule has 2 atom stereocenters. The summed E-state index contributed by atoms with van der Waals surface area (Å²) in [4.78, 5) is 23.0. The van der Waals surface area contributed by atoms with Crippen LogP contribution in [-0.2, 0) is 14.3 Å². The highest BCUT2D eigenvalue weighted by Crippen LogP contribution is 2.20. The van der Waals surface area contributed by atoms with Crippen molar-refractivity contribution in [1.82, 2.24) is 4.90 Å². The molecule has 5 nitrogen and oxygen atoms in total. The number of hydrogen-bond donors (Lipinski definition) is 1. The smallest absolute Gasteiger partial charge is 0.332 e. The molecule has 0 aliphatic rings. The van der Waals surface area contributed by atoms with Crippen molar-refractivity contribution in [2.75, 3.05) is 13.7 Å². The van der Waals surface area contributed by atoms with Gasteiger partial charge in [-0.3, -0.25) is 4.79 Å². The molecule has 0 radical (unpaired) electrons. The number of methoxy groups -OCH3 is 1. The van der Waals surface area contributed by atoms with Crippen molar-refractivity contribution in [3.8, 4) is 0 Å².